The molecule has 1 N–H and O–H groups in total. The predicted molar refractivity (Wildman–Crippen MR) is 133 cm³/mol. The largest absolute Gasteiger partial charge is 0.482 e. The molecular weight excluding hydrogens is 432 g/mol. The van der Waals surface area contributed by atoms with Crippen molar-refractivity contribution in [2.24, 2.45) is 16.0 Å². The number of amides is 1. The highest BCUT2D eigenvalue weighted by atomic mass is 32.1. The number of nitrogens with zero attached hydrogens (tertiary/aromatic N) is 3. The van der Waals surface area contributed by atoms with E-state index in [0.717, 1.165) is 46.6 Å². The summed E-state index contributed by atoms with van der Waals surface area (Å²) in [7, 11) is 0. The lowest BCUT2D eigenvalue weighted by Gasteiger charge is -2.18. The number of carbonyl (C=O) groups is 1. The lowest BCUT2D eigenvalue weighted by atomic mass is 9.96. The Morgan fingerprint density at radius 1 is 1.21 bits per heavy atom. The zero-order chi connectivity index (χ0) is 22.8. The summed E-state index contributed by atoms with van der Waals surface area (Å²) >= 11 is 1.55. The summed E-state index contributed by atoms with van der Waals surface area (Å²) in [5, 5.41) is 9.86. The van der Waals surface area contributed by atoms with Crippen LogP contribution in [0.3, 0.4) is 0 Å². The first-order valence-corrected chi connectivity index (χ1v) is 12.0. The van der Waals surface area contributed by atoms with E-state index < -0.39 is 0 Å². The highest BCUT2D eigenvalue weighted by molar-refractivity contribution is 7.07. The Kier molecular flexibility index (Phi) is 5.96. The summed E-state index contributed by atoms with van der Waals surface area (Å²) in [6, 6.07) is 12.0. The third-order valence-corrected chi connectivity index (χ3v) is 6.90. The fraction of sp³-hybridized carbons (Fsp3) is 0.269. The van der Waals surface area contributed by atoms with Crippen LogP contribution in [-0.2, 0) is 4.79 Å². The van der Waals surface area contributed by atoms with Crippen LogP contribution in [0, 0.1) is 19.8 Å². The minimum absolute atomic E-state index is 0.0454. The number of nitrogens with one attached hydrogen (secondary N) is 1. The van der Waals surface area contributed by atoms with Crippen LogP contribution in [0.1, 0.15) is 30.4 Å². The molecule has 6 nitrogen and oxygen atoms in total. The van der Waals surface area contributed by atoms with Crippen molar-refractivity contribution in [2.45, 2.75) is 33.1 Å². The van der Waals surface area contributed by atoms with Gasteiger partial charge in [0.2, 0.25) is 4.80 Å². The number of carbonyl (C=O) groups excluding carboxylic acids is 1. The fourth-order valence-electron chi connectivity index (χ4n) is 4.00. The van der Waals surface area contributed by atoms with Crippen molar-refractivity contribution in [3.63, 3.8) is 0 Å². The molecule has 0 bridgehead atoms. The van der Waals surface area contributed by atoms with E-state index in [-0.39, 0.29) is 12.5 Å². The molecule has 1 atom stereocenters. The maximum Gasteiger partial charge on any atom is 0.262 e. The van der Waals surface area contributed by atoms with E-state index in [2.05, 4.69) is 42.8 Å². The van der Waals surface area contributed by atoms with Gasteiger partial charge in [0.15, 0.2) is 6.61 Å². The third kappa shape index (κ3) is 4.54. The number of hydrogen-bond donors (Lipinski definition) is 1. The van der Waals surface area contributed by atoms with Crippen molar-refractivity contribution < 1.29 is 9.53 Å². The molecule has 0 saturated carbocycles. The maximum atomic E-state index is 11.8. The minimum Gasteiger partial charge on any atom is -0.482 e. The van der Waals surface area contributed by atoms with Crippen molar-refractivity contribution in [3.8, 4) is 17.0 Å². The third-order valence-electron chi connectivity index (χ3n) is 6.09. The Balaban J connectivity index is 1.61. The molecule has 1 aromatic heterocycles. The van der Waals surface area contributed by atoms with Gasteiger partial charge in [-0.1, -0.05) is 24.3 Å². The molecule has 2 aromatic carbocycles. The molecule has 0 fully saturated rings. The first-order valence-electron chi connectivity index (χ1n) is 11.2. The van der Waals surface area contributed by atoms with Gasteiger partial charge in [0.05, 0.1) is 17.1 Å². The number of allylic oxidation sites excluding steroid dienone is 2. The Bertz CT molecular complexity index is 1330. The van der Waals surface area contributed by atoms with Gasteiger partial charge in [-0.05, 0) is 74.4 Å². The fourth-order valence-corrected chi connectivity index (χ4v) is 4.85. The maximum absolute atomic E-state index is 11.8. The molecule has 1 aliphatic carbocycles. The van der Waals surface area contributed by atoms with Crippen LogP contribution in [0.5, 0.6) is 5.75 Å². The van der Waals surface area contributed by atoms with E-state index in [1.807, 2.05) is 41.2 Å². The smallest absolute Gasteiger partial charge is 0.262 e. The lowest BCUT2D eigenvalue weighted by molar-refractivity contribution is -0.118. The molecule has 1 unspecified atom stereocenters. The van der Waals surface area contributed by atoms with Crippen LogP contribution in [0.4, 0.5) is 11.4 Å². The average molecular weight is 459 g/mol. The number of aromatic nitrogens is 1. The Hall–Kier alpha value is -3.45. The van der Waals surface area contributed by atoms with Crippen molar-refractivity contribution in [2.75, 3.05) is 11.9 Å². The van der Waals surface area contributed by atoms with E-state index in [1.165, 1.54) is 5.56 Å². The predicted octanol–water partition coefficient (Wildman–Crippen LogP) is 5.59. The number of hydrogen-bond acceptors (Lipinski definition) is 5. The minimum atomic E-state index is -0.146. The summed E-state index contributed by atoms with van der Waals surface area (Å²) in [5.41, 5.74) is 5.86. The van der Waals surface area contributed by atoms with Crippen molar-refractivity contribution in [1.29, 1.82) is 0 Å². The molecule has 5 rings (SSSR count). The van der Waals surface area contributed by atoms with Gasteiger partial charge in [-0.2, -0.15) is 5.10 Å². The number of ether oxygens (including phenoxy) is 1. The van der Waals surface area contributed by atoms with Crippen LogP contribution < -0.4 is 14.9 Å². The molecule has 2 heterocycles. The number of rotatable bonds is 4. The van der Waals surface area contributed by atoms with E-state index >= 15 is 0 Å². The van der Waals surface area contributed by atoms with Gasteiger partial charge >= 0.3 is 0 Å². The molecule has 0 spiro atoms. The molecule has 1 aliphatic heterocycles. The standard InChI is InChI=1S/C26H26N4O2S/c1-17-7-6-10-21(18(17)2)29-26-30(27-14-19-8-4-3-5-9-19)23(16-33-26)20-11-12-24-22(13-20)28-25(31)15-32-24/h3-4,6-7,10-14,16,19H,5,8-9,15H2,1-2H3,(H,28,31). The molecule has 1 amide bonds. The quantitative estimate of drug-likeness (QED) is 0.409. The second-order valence-electron chi connectivity index (χ2n) is 8.40. The molecule has 33 heavy (non-hydrogen) atoms. The van der Waals surface area contributed by atoms with Crippen LogP contribution in [0.2, 0.25) is 0 Å². The topological polar surface area (TPSA) is 68.0 Å². The van der Waals surface area contributed by atoms with Gasteiger partial charge in [-0.3, -0.25) is 4.79 Å². The van der Waals surface area contributed by atoms with E-state index in [1.54, 1.807) is 11.3 Å². The monoisotopic (exact) mass is 458 g/mol. The summed E-state index contributed by atoms with van der Waals surface area (Å²) in [4.78, 5) is 17.6. The molecule has 3 aromatic rings. The second kappa shape index (κ2) is 9.19. The molecule has 2 aliphatic rings. The second-order valence-corrected chi connectivity index (χ2v) is 9.24. The van der Waals surface area contributed by atoms with E-state index in [0.29, 0.717) is 17.4 Å². The Morgan fingerprint density at radius 3 is 2.97 bits per heavy atom. The number of benzene rings is 2. The normalized spacial score (nSPS) is 18.3. The summed E-state index contributed by atoms with van der Waals surface area (Å²) in [6.45, 7) is 4.24. The highest BCUT2D eigenvalue weighted by Crippen LogP contribution is 2.33. The van der Waals surface area contributed by atoms with Crippen LogP contribution in [-0.4, -0.2) is 23.4 Å². The van der Waals surface area contributed by atoms with Gasteiger partial charge in [0, 0.05) is 17.2 Å². The molecule has 7 heteroatoms. The summed E-state index contributed by atoms with van der Waals surface area (Å²) in [6.07, 6.45) is 9.71. The Morgan fingerprint density at radius 2 is 2.12 bits per heavy atom. The lowest BCUT2D eigenvalue weighted by Crippen LogP contribution is -2.25. The average Bonchev–Trinajstić information content (AvgIpc) is 3.23. The van der Waals surface area contributed by atoms with Gasteiger partial charge in [0.25, 0.3) is 5.91 Å². The molecular formula is C26H26N4O2S. The van der Waals surface area contributed by atoms with Gasteiger partial charge in [-0.25, -0.2) is 9.67 Å². The van der Waals surface area contributed by atoms with Gasteiger partial charge in [0.1, 0.15) is 5.75 Å². The first kappa shape index (κ1) is 21.4. The SMILES string of the molecule is Cc1cccc(N=c2scc(-c3ccc4c(c3)NC(=O)CO4)n2N=CC2CC=CCC2)c1C. The van der Waals surface area contributed by atoms with Gasteiger partial charge < -0.3 is 10.1 Å². The first-order chi connectivity index (χ1) is 16.1. The van der Waals surface area contributed by atoms with Crippen molar-refractivity contribution in [3.05, 3.63) is 69.9 Å². The molecule has 0 radical (unpaired) electrons. The molecule has 0 saturated heterocycles. The number of aryl methyl sites for hydroxylation is 1. The molecule has 168 valence electrons. The van der Waals surface area contributed by atoms with Crippen LogP contribution in [0.15, 0.2) is 64.0 Å². The van der Waals surface area contributed by atoms with Crippen LogP contribution >= 0.6 is 11.3 Å². The zero-order valence-corrected chi connectivity index (χ0v) is 19.6. The zero-order valence-electron chi connectivity index (χ0n) is 18.7. The number of fused-ring (bicyclic) bond motifs is 1. The van der Waals surface area contributed by atoms with Crippen LogP contribution in [0.25, 0.3) is 11.3 Å². The number of thiazole rings is 1. The summed E-state index contributed by atoms with van der Waals surface area (Å²) < 4.78 is 7.44. The van der Waals surface area contributed by atoms with Crippen molar-refractivity contribution in [1.82, 2.24) is 4.68 Å². The van der Waals surface area contributed by atoms with E-state index in [4.69, 9.17) is 14.8 Å². The van der Waals surface area contributed by atoms with E-state index in [9.17, 15) is 4.79 Å². The van der Waals surface area contributed by atoms with Crippen molar-refractivity contribution >= 4 is 34.8 Å². The summed E-state index contributed by atoms with van der Waals surface area (Å²) in [5.74, 6) is 0.949. The Labute approximate surface area is 197 Å². The highest BCUT2D eigenvalue weighted by Gasteiger charge is 2.18. The number of anilines is 1. The van der Waals surface area contributed by atoms with Gasteiger partial charge in [-0.15, -0.1) is 11.3 Å².